The van der Waals surface area contributed by atoms with Crippen LogP contribution in [0.2, 0.25) is 0 Å². The van der Waals surface area contributed by atoms with Crippen molar-refractivity contribution in [3.05, 3.63) is 88.3 Å². The highest BCUT2D eigenvalue weighted by atomic mass is 19.2. The Morgan fingerprint density at radius 3 is 1.26 bits per heavy atom. The van der Waals surface area contributed by atoms with Crippen LogP contribution >= 0.6 is 0 Å². The molecule has 3 rings (SSSR count). The lowest BCUT2D eigenvalue weighted by molar-refractivity contribution is 0.379. The second-order valence-corrected chi connectivity index (χ2v) is 7.37. The van der Waals surface area contributed by atoms with Crippen LogP contribution in [0.1, 0.15) is 12.6 Å². The third-order valence-electron chi connectivity index (χ3n) is 5.01. The van der Waals surface area contributed by atoms with E-state index in [0.29, 0.717) is 0 Å². The normalized spacial score (nSPS) is 11.6. The Kier molecular flexibility index (Phi) is 6.94. The molecule has 0 fully saturated rings. The standard InChI is InChI=1S/C21H13F10N3/c1-21(8-4-2-3-5-32-8,6-33-19-15(28)11(24)9(22)12(25)16(19)29)7-34-20-17(30)13(26)10(23)14(27)18(20)31/h2-5,33-34H,6-7H2,1H3. The molecule has 0 atom stereocenters. The fourth-order valence-corrected chi connectivity index (χ4v) is 3.05. The van der Waals surface area contributed by atoms with Crippen molar-refractivity contribution in [2.24, 2.45) is 0 Å². The molecule has 0 saturated carbocycles. The number of halogens is 10. The lowest BCUT2D eigenvalue weighted by atomic mass is 9.85. The van der Waals surface area contributed by atoms with Gasteiger partial charge in [-0.05, 0) is 12.1 Å². The Morgan fingerprint density at radius 1 is 0.588 bits per heavy atom. The van der Waals surface area contributed by atoms with Gasteiger partial charge in [0.25, 0.3) is 0 Å². The molecule has 2 aromatic carbocycles. The number of rotatable bonds is 7. The highest BCUT2D eigenvalue weighted by Gasteiger charge is 2.33. The second-order valence-electron chi connectivity index (χ2n) is 7.37. The van der Waals surface area contributed by atoms with Crippen LogP contribution in [0, 0.1) is 58.2 Å². The fraction of sp³-hybridized carbons (Fsp3) is 0.190. The zero-order chi connectivity index (χ0) is 25.4. The van der Waals surface area contributed by atoms with Crippen LogP contribution < -0.4 is 10.6 Å². The molecule has 0 aliphatic heterocycles. The molecule has 0 spiro atoms. The van der Waals surface area contributed by atoms with Gasteiger partial charge in [-0.2, -0.15) is 0 Å². The maximum Gasteiger partial charge on any atom is 0.200 e. The van der Waals surface area contributed by atoms with Gasteiger partial charge in [0.2, 0.25) is 11.6 Å². The average Bonchev–Trinajstić information content (AvgIpc) is 2.84. The molecule has 3 nitrogen and oxygen atoms in total. The van der Waals surface area contributed by atoms with Gasteiger partial charge >= 0.3 is 0 Å². The molecular weight excluding hydrogens is 484 g/mol. The molecule has 182 valence electrons. The molecule has 0 unspecified atom stereocenters. The predicted octanol–water partition coefficient (Wildman–Crippen LogP) is 5.95. The van der Waals surface area contributed by atoms with E-state index in [4.69, 9.17) is 0 Å². The molecule has 3 aromatic rings. The monoisotopic (exact) mass is 497 g/mol. The number of nitrogens with one attached hydrogen (secondary N) is 2. The zero-order valence-electron chi connectivity index (χ0n) is 17.0. The van der Waals surface area contributed by atoms with E-state index in [0.717, 1.165) is 0 Å². The van der Waals surface area contributed by atoms with Gasteiger partial charge in [0.1, 0.15) is 11.4 Å². The third-order valence-corrected chi connectivity index (χ3v) is 5.01. The highest BCUT2D eigenvalue weighted by molar-refractivity contribution is 5.50. The summed E-state index contributed by atoms with van der Waals surface area (Å²) in [5.41, 5.74) is -4.21. The van der Waals surface area contributed by atoms with Crippen molar-refractivity contribution in [2.75, 3.05) is 23.7 Å². The molecular formula is C21H13F10N3. The van der Waals surface area contributed by atoms with Gasteiger partial charge in [0.15, 0.2) is 46.5 Å². The molecule has 0 saturated heterocycles. The van der Waals surface area contributed by atoms with Crippen LogP contribution in [0.4, 0.5) is 55.3 Å². The maximum absolute atomic E-state index is 14.0. The largest absolute Gasteiger partial charge is 0.379 e. The Morgan fingerprint density at radius 2 is 0.941 bits per heavy atom. The average molecular weight is 497 g/mol. The van der Waals surface area contributed by atoms with E-state index in [1.54, 1.807) is 0 Å². The molecule has 0 bridgehead atoms. The maximum atomic E-state index is 14.0. The summed E-state index contributed by atoms with van der Waals surface area (Å²) >= 11 is 0. The molecule has 1 aromatic heterocycles. The van der Waals surface area contributed by atoms with E-state index < -0.39 is 88.1 Å². The first-order chi connectivity index (χ1) is 15.9. The van der Waals surface area contributed by atoms with Gasteiger partial charge in [-0.3, -0.25) is 4.98 Å². The van der Waals surface area contributed by atoms with E-state index in [9.17, 15) is 43.9 Å². The molecule has 0 aliphatic rings. The molecule has 0 aliphatic carbocycles. The summed E-state index contributed by atoms with van der Waals surface area (Å²) in [7, 11) is 0. The minimum atomic E-state index is -2.37. The van der Waals surface area contributed by atoms with E-state index in [1.807, 2.05) is 0 Å². The molecule has 13 heteroatoms. The summed E-state index contributed by atoms with van der Waals surface area (Å²) in [6, 6.07) is 4.29. The molecule has 0 amide bonds. The summed E-state index contributed by atoms with van der Waals surface area (Å²) < 4.78 is 137. The molecule has 0 radical (unpaired) electrons. The lowest BCUT2D eigenvalue weighted by Crippen LogP contribution is -2.39. The Bertz CT molecular complexity index is 1100. The Labute approximate surface area is 185 Å². The summed E-state index contributed by atoms with van der Waals surface area (Å²) in [6.07, 6.45) is 1.27. The summed E-state index contributed by atoms with van der Waals surface area (Å²) in [5.74, 6) is -22.2. The second kappa shape index (κ2) is 9.39. The SMILES string of the molecule is CC(CNc1c(F)c(F)c(F)c(F)c1F)(CNc1c(F)c(F)c(F)c(F)c1F)c1ccccn1. The molecule has 34 heavy (non-hydrogen) atoms. The van der Waals surface area contributed by atoms with Crippen LogP contribution in [-0.4, -0.2) is 18.1 Å². The summed E-state index contributed by atoms with van der Waals surface area (Å²) in [6.45, 7) is 0.00293. The van der Waals surface area contributed by atoms with Crippen LogP contribution in [0.25, 0.3) is 0 Å². The minimum Gasteiger partial charge on any atom is -0.379 e. The number of aromatic nitrogens is 1. The van der Waals surface area contributed by atoms with Crippen molar-refractivity contribution in [1.29, 1.82) is 0 Å². The van der Waals surface area contributed by atoms with Crippen molar-refractivity contribution in [2.45, 2.75) is 12.3 Å². The van der Waals surface area contributed by atoms with Gasteiger partial charge in [-0.1, -0.05) is 13.0 Å². The van der Waals surface area contributed by atoms with E-state index in [-0.39, 0.29) is 5.69 Å². The first kappa shape index (κ1) is 25.1. The van der Waals surface area contributed by atoms with Crippen LogP contribution in [0.3, 0.4) is 0 Å². The van der Waals surface area contributed by atoms with Crippen LogP contribution in [0.5, 0.6) is 0 Å². The van der Waals surface area contributed by atoms with Crippen LogP contribution in [0.15, 0.2) is 24.4 Å². The van der Waals surface area contributed by atoms with Crippen molar-refractivity contribution in [3.63, 3.8) is 0 Å². The number of nitrogens with zero attached hydrogens (tertiary/aromatic N) is 1. The van der Waals surface area contributed by atoms with Gasteiger partial charge in [-0.25, -0.2) is 43.9 Å². The first-order valence-electron chi connectivity index (χ1n) is 9.32. The summed E-state index contributed by atoms with van der Waals surface area (Å²) in [4.78, 5) is 3.99. The van der Waals surface area contributed by atoms with Crippen molar-refractivity contribution in [1.82, 2.24) is 4.98 Å². The lowest BCUT2D eigenvalue weighted by Gasteiger charge is -2.31. The molecule has 1 heterocycles. The Hall–Kier alpha value is -3.51. The topological polar surface area (TPSA) is 37.0 Å². The van der Waals surface area contributed by atoms with Crippen molar-refractivity contribution < 1.29 is 43.9 Å². The number of benzene rings is 2. The van der Waals surface area contributed by atoms with E-state index in [1.165, 1.54) is 31.3 Å². The number of pyridine rings is 1. The zero-order valence-corrected chi connectivity index (χ0v) is 17.0. The summed E-state index contributed by atoms with van der Waals surface area (Å²) in [5, 5.41) is 4.11. The molecule has 2 N–H and O–H groups in total. The minimum absolute atomic E-state index is 0.0859. The fourth-order valence-electron chi connectivity index (χ4n) is 3.05. The van der Waals surface area contributed by atoms with Gasteiger partial charge < -0.3 is 10.6 Å². The third kappa shape index (κ3) is 4.33. The van der Waals surface area contributed by atoms with Crippen LogP contribution in [-0.2, 0) is 5.41 Å². The first-order valence-corrected chi connectivity index (χ1v) is 9.32. The van der Waals surface area contributed by atoms with Crippen molar-refractivity contribution in [3.8, 4) is 0 Å². The van der Waals surface area contributed by atoms with Gasteiger partial charge in [-0.15, -0.1) is 0 Å². The number of hydrogen-bond donors (Lipinski definition) is 2. The smallest absolute Gasteiger partial charge is 0.200 e. The quantitative estimate of drug-likeness (QED) is 0.241. The number of anilines is 2. The van der Waals surface area contributed by atoms with Gasteiger partial charge in [0.05, 0.1) is 0 Å². The van der Waals surface area contributed by atoms with E-state index in [2.05, 4.69) is 15.6 Å². The van der Waals surface area contributed by atoms with Gasteiger partial charge in [0, 0.05) is 30.4 Å². The van der Waals surface area contributed by atoms with E-state index >= 15 is 0 Å². The highest BCUT2D eigenvalue weighted by Crippen LogP contribution is 2.32. The Balaban J connectivity index is 1.98. The predicted molar refractivity (Wildman–Crippen MR) is 101 cm³/mol. The van der Waals surface area contributed by atoms with Crippen molar-refractivity contribution >= 4 is 11.4 Å². The number of hydrogen-bond acceptors (Lipinski definition) is 3.